The van der Waals surface area contributed by atoms with Crippen molar-refractivity contribution in [3.05, 3.63) is 30.1 Å². The molecule has 0 spiro atoms. The maximum Gasteiger partial charge on any atom is 0.325 e. The molecular formula is C15H20N4O3. The number of rotatable bonds is 7. The lowest BCUT2D eigenvalue weighted by Gasteiger charge is -2.20. The number of unbranched alkanes of at least 4 members (excludes halogenated alkanes) is 1. The molecule has 2 heterocycles. The molecule has 7 heteroatoms. The average Bonchev–Trinajstić information content (AvgIpc) is 2.84. The van der Waals surface area contributed by atoms with E-state index in [0.717, 1.165) is 29.7 Å². The second-order valence-electron chi connectivity index (χ2n) is 5.19. The summed E-state index contributed by atoms with van der Waals surface area (Å²) in [6, 6.07) is 3.03. The van der Waals surface area contributed by atoms with Gasteiger partial charge in [-0.15, -0.1) is 0 Å². The number of hydrogen-bond donors (Lipinski definition) is 2. The molecule has 1 fully saturated rings. The molecule has 1 aliphatic rings. The van der Waals surface area contributed by atoms with Crippen molar-refractivity contribution in [2.24, 2.45) is 0 Å². The molecule has 0 unspecified atom stereocenters. The summed E-state index contributed by atoms with van der Waals surface area (Å²) in [7, 11) is 0. The van der Waals surface area contributed by atoms with E-state index in [4.69, 9.17) is 0 Å². The fourth-order valence-corrected chi connectivity index (χ4v) is 2.31. The highest BCUT2D eigenvalue weighted by molar-refractivity contribution is 6.04. The van der Waals surface area contributed by atoms with Gasteiger partial charge in [-0.3, -0.25) is 19.5 Å². The lowest BCUT2D eigenvalue weighted by molar-refractivity contribution is -0.131. The molecule has 1 aromatic heterocycles. The van der Waals surface area contributed by atoms with Crippen molar-refractivity contribution in [3.8, 4) is 0 Å². The summed E-state index contributed by atoms with van der Waals surface area (Å²) in [6.45, 7) is 1.77. The number of amides is 4. The highest BCUT2D eigenvalue weighted by atomic mass is 16.2. The fraction of sp³-hybridized carbons (Fsp3) is 0.467. The quantitative estimate of drug-likeness (QED) is 0.735. The Morgan fingerprint density at radius 2 is 2.32 bits per heavy atom. The standard InChI is InChI=1S/C15H20N4O3/c1-2-3-6-12(11-5-4-7-16-8-11)18-13(20)10-19-14(21)9-17-15(19)22/h4-5,7-8,12H,2-3,6,9-10H2,1H3,(H,17,22)(H,18,20)/t12-/m1/s1. The SMILES string of the molecule is CCCC[C@@H](NC(=O)CN1C(=O)CNC1=O)c1cccnc1. The van der Waals surface area contributed by atoms with Crippen molar-refractivity contribution >= 4 is 17.8 Å². The molecule has 0 aromatic carbocycles. The molecule has 4 amide bonds. The van der Waals surface area contributed by atoms with Gasteiger partial charge in [0, 0.05) is 12.4 Å². The van der Waals surface area contributed by atoms with E-state index < -0.39 is 6.03 Å². The number of pyridine rings is 1. The van der Waals surface area contributed by atoms with E-state index in [9.17, 15) is 14.4 Å². The second-order valence-corrected chi connectivity index (χ2v) is 5.19. The third-order valence-electron chi connectivity index (χ3n) is 3.51. The minimum absolute atomic E-state index is 0.0476. The van der Waals surface area contributed by atoms with Gasteiger partial charge in [-0.05, 0) is 18.1 Å². The van der Waals surface area contributed by atoms with Gasteiger partial charge in [-0.2, -0.15) is 0 Å². The molecular weight excluding hydrogens is 284 g/mol. The zero-order valence-corrected chi connectivity index (χ0v) is 12.5. The van der Waals surface area contributed by atoms with Crippen LogP contribution in [0, 0.1) is 0 Å². The van der Waals surface area contributed by atoms with Crippen molar-refractivity contribution < 1.29 is 14.4 Å². The first-order valence-electron chi connectivity index (χ1n) is 7.39. The highest BCUT2D eigenvalue weighted by Gasteiger charge is 2.30. The first kappa shape index (κ1) is 15.9. The van der Waals surface area contributed by atoms with Crippen molar-refractivity contribution in [2.75, 3.05) is 13.1 Å². The largest absolute Gasteiger partial charge is 0.348 e. The molecule has 0 saturated carbocycles. The van der Waals surface area contributed by atoms with E-state index >= 15 is 0 Å². The number of nitrogens with zero attached hydrogens (tertiary/aromatic N) is 2. The van der Waals surface area contributed by atoms with Crippen LogP contribution in [0.15, 0.2) is 24.5 Å². The zero-order valence-electron chi connectivity index (χ0n) is 12.5. The number of urea groups is 1. The maximum absolute atomic E-state index is 12.1. The van der Waals surface area contributed by atoms with E-state index in [2.05, 4.69) is 22.5 Å². The van der Waals surface area contributed by atoms with Gasteiger partial charge in [0.2, 0.25) is 5.91 Å². The van der Waals surface area contributed by atoms with Gasteiger partial charge in [0.15, 0.2) is 0 Å². The molecule has 0 bridgehead atoms. The average molecular weight is 304 g/mol. The molecule has 1 saturated heterocycles. The Labute approximate surface area is 129 Å². The molecule has 2 N–H and O–H groups in total. The summed E-state index contributed by atoms with van der Waals surface area (Å²) in [5, 5.41) is 5.27. The number of hydrogen-bond acceptors (Lipinski definition) is 4. The van der Waals surface area contributed by atoms with Gasteiger partial charge in [-0.1, -0.05) is 25.8 Å². The van der Waals surface area contributed by atoms with E-state index in [-0.39, 0.29) is 30.9 Å². The van der Waals surface area contributed by atoms with Crippen LogP contribution in [0.3, 0.4) is 0 Å². The van der Waals surface area contributed by atoms with Crippen LogP contribution in [0.2, 0.25) is 0 Å². The normalized spacial score (nSPS) is 15.6. The summed E-state index contributed by atoms with van der Waals surface area (Å²) >= 11 is 0. The van der Waals surface area contributed by atoms with Crippen molar-refractivity contribution in [2.45, 2.75) is 32.2 Å². The number of carbonyl (C=O) groups is 3. The van der Waals surface area contributed by atoms with Crippen LogP contribution >= 0.6 is 0 Å². The van der Waals surface area contributed by atoms with Crippen LogP contribution in [0.1, 0.15) is 37.8 Å². The first-order valence-corrected chi connectivity index (χ1v) is 7.39. The summed E-state index contributed by atoms with van der Waals surface area (Å²) in [5.74, 6) is -0.734. The van der Waals surface area contributed by atoms with Crippen LogP contribution in [-0.4, -0.2) is 40.8 Å². The third kappa shape index (κ3) is 4.03. The van der Waals surface area contributed by atoms with Gasteiger partial charge in [0.25, 0.3) is 5.91 Å². The fourth-order valence-electron chi connectivity index (χ4n) is 2.31. The summed E-state index contributed by atoms with van der Waals surface area (Å²) < 4.78 is 0. The van der Waals surface area contributed by atoms with E-state index in [0.29, 0.717) is 0 Å². The summed E-state index contributed by atoms with van der Waals surface area (Å²) in [5.41, 5.74) is 0.918. The molecule has 1 atom stereocenters. The maximum atomic E-state index is 12.1. The van der Waals surface area contributed by atoms with Gasteiger partial charge in [0.1, 0.15) is 6.54 Å². The Kier molecular flexibility index (Phi) is 5.46. The Bertz CT molecular complexity index is 531. The molecule has 118 valence electrons. The van der Waals surface area contributed by atoms with E-state index in [1.54, 1.807) is 12.4 Å². The smallest absolute Gasteiger partial charge is 0.325 e. The van der Waals surface area contributed by atoms with Crippen LogP contribution in [0.4, 0.5) is 4.79 Å². The first-order chi connectivity index (χ1) is 10.6. The third-order valence-corrected chi connectivity index (χ3v) is 3.51. The van der Waals surface area contributed by atoms with Crippen molar-refractivity contribution in [3.63, 3.8) is 0 Å². The molecule has 0 aliphatic carbocycles. The summed E-state index contributed by atoms with van der Waals surface area (Å²) in [6.07, 6.45) is 6.15. The predicted molar refractivity (Wildman–Crippen MR) is 79.8 cm³/mol. The molecule has 0 radical (unpaired) electrons. The van der Waals surface area contributed by atoms with Gasteiger partial charge in [0.05, 0.1) is 12.6 Å². The number of nitrogens with one attached hydrogen (secondary N) is 2. The van der Waals surface area contributed by atoms with Crippen LogP contribution < -0.4 is 10.6 Å². The van der Waals surface area contributed by atoms with E-state index in [1.165, 1.54) is 0 Å². The van der Waals surface area contributed by atoms with Crippen LogP contribution in [-0.2, 0) is 9.59 Å². The van der Waals surface area contributed by atoms with Crippen molar-refractivity contribution in [1.82, 2.24) is 20.5 Å². The molecule has 1 aromatic rings. The monoisotopic (exact) mass is 304 g/mol. The van der Waals surface area contributed by atoms with Crippen LogP contribution in [0.25, 0.3) is 0 Å². The Morgan fingerprint density at radius 1 is 1.50 bits per heavy atom. The molecule has 2 rings (SSSR count). The lowest BCUT2D eigenvalue weighted by Crippen LogP contribution is -2.42. The number of imide groups is 1. The van der Waals surface area contributed by atoms with Gasteiger partial charge >= 0.3 is 6.03 Å². The highest BCUT2D eigenvalue weighted by Crippen LogP contribution is 2.18. The Balaban J connectivity index is 1.99. The van der Waals surface area contributed by atoms with Crippen LogP contribution in [0.5, 0.6) is 0 Å². The minimum atomic E-state index is -0.522. The molecule has 22 heavy (non-hydrogen) atoms. The Hall–Kier alpha value is -2.44. The van der Waals surface area contributed by atoms with E-state index in [1.807, 2.05) is 12.1 Å². The van der Waals surface area contributed by atoms with Gasteiger partial charge in [-0.25, -0.2) is 4.79 Å². The molecule has 7 nitrogen and oxygen atoms in total. The number of carbonyl (C=O) groups excluding carboxylic acids is 3. The van der Waals surface area contributed by atoms with Gasteiger partial charge < -0.3 is 10.6 Å². The second kappa shape index (κ2) is 7.53. The Morgan fingerprint density at radius 3 is 2.91 bits per heavy atom. The number of aromatic nitrogens is 1. The zero-order chi connectivity index (χ0) is 15.9. The predicted octanol–water partition coefficient (Wildman–Crippen LogP) is 0.981. The van der Waals surface area contributed by atoms with Crippen molar-refractivity contribution in [1.29, 1.82) is 0 Å². The summed E-state index contributed by atoms with van der Waals surface area (Å²) in [4.78, 5) is 40.1. The lowest BCUT2D eigenvalue weighted by atomic mass is 10.0. The molecule has 1 aliphatic heterocycles. The minimum Gasteiger partial charge on any atom is -0.348 e. The topological polar surface area (TPSA) is 91.4 Å².